The fourth-order valence-corrected chi connectivity index (χ4v) is 6.33. The van der Waals surface area contributed by atoms with E-state index in [4.69, 9.17) is 14.2 Å². The number of fused-ring (bicyclic) bond motifs is 1. The number of benzene rings is 2. The van der Waals surface area contributed by atoms with Crippen molar-refractivity contribution >= 4 is 50.5 Å². The van der Waals surface area contributed by atoms with E-state index in [9.17, 15) is 30.0 Å². The van der Waals surface area contributed by atoms with Gasteiger partial charge in [0.15, 0.2) is 6.10 Å². The van der Waals surface area contributed by atoms with E-state index in [-0.39, 0.29) is 18.9 Å². The van der Waals surface area contributed by atoms with Gasteiger partial charge in [0.1, 0.15) is 24.1 Å². The molecule has 1 aromatic heterocycles. The van der Waals surface area contributed by atoms with Crippen molar-refractivity contribution in [2.24, 2.45) is 7.05 Å². The third-order valence-corrected chi connectivity index (χ3v) is 8.35. The van der Waals surface area contributed by atoms with Crippen molar-refractivity contribution in [3.05, 3.63) is 57.7 Å². The topological polar surface area (TPSA) is 151 Å². The number of aliphatic hydroxyl groups excluding tert-OH is 3. The van der Waals surface area contributed by atoms with E-state index in [2.05, 4.69) is 15.9 Å². The van der Waals surface area contributed by atoms with Gasteiger partial charge in [-0.3, -0.25) is 0 Å². The number of carbonyl (C=O) groups excluding carboxylic acids is 1. The van der Waals surface area contributed by atoms with E-state index in [1.54, 1.807) is 24.8 Å². The molecule has 1 aliphatic heterocycles. The Morgan fingerprint density at radius 1 is 1.12 bits per heavy atom. The van der Waals surface area contributed by atoms with Crippen molar-refractivity contribution in [3.8, 4) is 5.75 Å². The van der Waals surface area contributed by atoms with E-state index in [1.165, 1.54) is 0 Å². The van der Waals surface area contributed by atoms with E-state index in [1.807, 2.05) is 60.9 Å². The number of rotatable bonds is 10. The average molecular weight is 654 g/mol. The van der Waals surface area contributed by atoms with E-state index < -0.39 is 42.6 Å². The van der Waals surface area contributed by atoms with Gasteiger partial charge in [0.05, 0.1) is 22.2 Å². The van der Waals surface area contributed by atoms with Gasteiger partial charge in [-0.25, -0.2) is 9.59 Å². The highest BCUT2D eigenvalue weighted by Crippen LogP contribution is 2.43. The van der Waals surface area contributed by atoms with Crippen LogP contribution in [0.4, 0.5) is 0 Å². The lowest BCUT2D eigenvalue weighted by Crippen LogP contribution is -2.61. The van der Waals surface area contributed by atoms with Crippen LogP contribution in [0, 0.1) is 0 Å². The highest BCUT2D eigenvalue weighted by atomic mass is 79.9. The number of esters is 1. The van der Waals surface area contributed by atoms with Crippen molar-refractivity contribution in [2.45, 2.75) is 54.8 Å². The molecule has 1 saturated heterocycles. The molecule has 2 aromatic carbocycles. The van der Waals surface area contributed by atoms with Crippen molar-refractivity contribution in [3.63, 3.8) is 0 Å². The highest BCUT2D eigenvalue weighted by Gasteiger charge is 2.48. The van der Waals surface area contributed by atoms with Crippen LogP contribution >= 0.6 is 27.7 Å². The molecule has 1 fully saturated rings. The molecule has 0 amide bonds. The second-order valence-corrected chi connectivity index (χ2v) is 11.8. The Hall–Kier alpha value is -2.65. The molecule has 11 nitrogen and oxygen atoms in total. The Bertz CT molecular complexity index is 1420. The number of halogens is 1. The minimum absolute atomic E-state index is 0.169. The van der Waals surface area contributed by atoms with Gasteiger partial charge < -0.3 is 44.1 Å². The number of aliphatic carboxylic acids is 1. The maximum absolute atomic E-state index is 13.5. The first-order chi connectivity index (χ1) is 19.5. The number of carboxylic acid groups (broad SMARTS) is 1. The fourth-order valence-electron chi connectivity index (χ4n) is 4.79. The lowest BCUT2D eigenvalue weighted by atomic mass is 9.98. The van der Waals surface area contributed by atoms with Crippen molar-refractivity contribution in [1.29, 1.82) is 0 Å². The normalized spacial score (nSPS) is 22.7. The smallest absolute Gasteiger partial charge is 0.340 e. The first-order valence-electron chi connectivity index (χ1n) is 12.9. The molecule has 4 rings (SSSR count). The molecule has 1 aliphatic rings. The minimum atomic E-state index is -1.86. The van der Waals surface area contributed by atoms with Gasteiger partial charge in [0, 0.05) is 40.9 Å². The molecule has 13 heteroatoms. The molecule has 0 radical (unpaired) electrons. The van der Waals surface area contributed by atoms with Crippen LogP contribution in [-0.4, -0.2) is 93.2 Å². The van der Waals surface area contributed by atoms with E-state index in [0.29, 0.717) is 26.7 Å². The van der Waals surface area contributed by atoms with Gasteiger partial charge in [0.2, 0.25) is 6.29 Å². The molecule has 0 aliphatic carbocycles. The third kappa shape index (κ3) is 6.41. The summed E-state index contributed by atoms with van der Waals surface area (Å²) < 4.78 is 19.3. The van der Waals surface area contributed by atoms with Crippen molar-refractivity contribution in [2.75, 3.05) is 20.7 Å². The molecule has 222 valence electrons. The Labute approximate surface area is 249 Å². The second-order valence-electron chi connectivity index (χ2n) is 9.85. The zero-order valence-electron chi connectivity index (χ0n) is 23.0. The van der Waals surface area contributed by atoms with Crippen molar-refractivity contribution in [1.82, 2.24) is 9.47 Å². The molecule has 4 N–H and O–H groups in total. The largest absolute Gasteiger partial charge is 0.479 e. The summed E-state index contributed by atoms with van der Waals surface area (Å²) in [4.78, 5) is 28.0. The van der Waals surface area contributed by atoms with Crippen LogP contribution in [0.3, 0.4) is 0 Å². The summed E-state index contributed by atoms with van der Waals surface area (Å²) in [6.07, 6.45) is -8.90. The van der Waals surface area contributed by atoms with Crippen LogP contribution in [0.2, 0.25) is 0 Å². The van der Waals surface area contributed by atoms with Crippen molar-refractivity contribution < 1.29 is 44.2 Å². The molecule has 0 unspecified atom stereocenters. The summed E-state index contributed by atoms with van der Waals surface area (Å²) in [6, 6.07) is 11.6. The number of aliphatic hydroxyl groups is 3. The molecule has 0 spiro atoms. The fraction of sp³-hybridized carbons (Fsp3) is 0.429. The summed E-state index contributed by atoms with van der Waals surface area (Å²) in [5.41, 5.74) is 2.37. The van der Waals surface area contributed by atoms with Crippen LogP contribution in [-0.2, 0) is 33.6 Å². The molecule has 0 bridgehead atoms. The van der Waals surface area contributed by atoms with Crippen LogP contribution in [0.5, 0.6) is 5.75 Å². The summed E-state index contributed by atoms with van der Waals surface area (Å²) in [5.74, 6) is -1.38. The maximum atomic E-state index is 13.5. The number of aromatic nitrogens is 1. The second kappa shape index (κ2) is 13.1. The van der Waals surface area contributed by atoms with Crippen LogP contribution in [0.25, 0.3) is 10.9 Å². The van der Waals surface area contributed by atoms with Crippen LogP contribution < -0.4 is 4.74 Å². The van der Waals surface area contributed by atoms with Gasteiger partial charge >= 0.3 is 11.9 Å². The van der Waals surface area contributed by atoms with Gasteiger partial charge in [-0.1, -0.05) is 18.2 Å². The maximum Gasteiger partial charge on any atom is 0.340 e. The van der Waals surface area contributed by atoms with Gasteiger partial charge in [-0.05, 0) is 55.1 Å². The van der Waals surface area contributed by atoms with Gasteiger partial charge in [-0.15, -0.1) is 11.8 Å². The predicted molar refractivity (Wildman–Crippen MR) is 155 cm³/mol. The van der Waals surface area contributed by atoms with E-state index in [0.717, 1.165) is 16.1 Å². The SMILES string of the molecule is CCOC(=O)c1c(CSc2ccccc2)n(C)c2cc(Br)c(O[C@@H]3O[C@H](C(=O)O)[C@@H](O)[C@H](O)[C@H]3O)c(CN(C)C)c12. The number of nitrogens with zero attached hydrogens (tertiary/aromatic N) is 2. The molecule has 3 aromatic rings. The third-order valence-electron chi connectivity index (χ3n) is 6.74. The average Bonchev–Trinajstić information content (AvgIpc) is 3.20. The zero-order valence-corrected chi connectivity index (χ0v) is 25.4. The summed E-state index contributed by atoms with van der Waals surface area (Å²) in [6.45, 7) is 2.18. The lowest BCUT2D eigenvalue weighted by Gasteiger charge is -2.38. The molecular weight excluding hydrogens is 620 g/mol. The molecule has 5 atom stereocenters. The monoisotopic (exact) mass is 652 g/mol. The Balaban J connectivity index is 1.88. The predicted octanol–water partition coefficient (Wildman–Crippen LogP) is 2.74. The molecule has 41 heavy (non-hydrogen) atoms. The number of ether oxygens (including phenoxy) is 3. The standard InChI is InChI=1S/C28H33BrN2O9S/c1-5-38-27(37)20-18(13-41-14-9-7-6-8-10-14)31(4)17-11-16(29)24(15(19(17)20)12-30(2)3)39-28-23(34)21(32)22(33)25(40-28)26(35)36/h6-11,21-23,25,28,32-34H,5,12-13H2,1-4H3,(H,35,36)/t21-,22-,23+,25-,28+/m0/s1. The molecule has 0 saturated carbocycles. The van der Waals surface area contributed by atoms with Crippen LogP contribution in [0.15, 0.2) is 45.8 Å². The first kappa shape index (κ1) is 31.3. The van der Waals surface area contributed by atoms with Gasteiger partial charge in [0.25, 0.3) is 0 Å². The number of hydrogen-bond acceptors (Lipinski definition) is 10. The minimum Gasteiger partial charge on any atom is -0.479 e. The van der Waals surface area contributed by atoms with Gasteiger partial charge in [-0.2, -0.15) is 0 Å². The van der Waals surface area contributed by atoms with Crippen LogP contribution in [0.1, 0.15) is 28.5 Å². The number of thioether (sulfide) groups is 1. The number of carbonyl (C=O) groups is 2. The first-order valence-corrected chi connectivity index (χ1v) is 14.7. The summed E-state index contributed by atoms with van der Waals surface area (Å²) in [7, 11) is 5.53. The quantitative estimate of drug-likeness (QED) is 0.189. The lowest BCUT2D eigenvalue weighted by molar-refractivity contribution is -0.271. The Morgan fingerprint density at radius 3 is 2.41 bits per heavy atom. The number of aryl methyl sites for hydroxylation is 1. The Morgan fingerprint density at radius 2 is 1.80 bits per heavy atom. The Kier molecular flexibility index (Phi) is 10.0. The summed E-state index contributed by atoms with van der Waals surface area (Å²) in [5, 5.41) is 41.1. The molecule has 2 heterocycles. The zero-order chi connectivity index (χ0) is 30.0. The van der Waals surface area contributed by atoms with E-state index >= 15 is 0 Å². The molecular formula is C28H33BrN2O9S. The number of carboxylic acids is 1. The number of hydrogen-bond donors (Lipinski definition) is 4. The summed E-state index contributed by atoms with van der Waals surface area (Å²) >= 11 is 5.11. The highest BCUT2D eigenvalue weighted by molar-refractivity contribution is 9.10.